The molecular weight excluding hydrogens is 217 g/mol. The second kappa shape index (κ2) is 3.33. The van der Waals surface area contributed by atoms with Gasteiger partial charge in [-0.2, -0.15) is 13.1 Å². The maximum Gasteiger partial charge on any atom is 0.411 e. The van der Waals surface area contributed by atoms with Crippen molar-refractivity contribution in [2.45, 2.75) is 18.4 Å². The summed E-state index contributed by atoms with van der Waals surface area (Å²) >= 11 is 0. The van der Waals surface area contributed by atoms with Gasteiger partial charge < -0.3 is 10.1 Å². The van der Waals surface area contributed by atoms with E-state index in [4.69, 9.17) is 0 Å². The van der Waals surface area contributed by atoms with E-state index in [-0.39, 0.29) is 6.54 Å². The molecule has 0 spiro atoms. The SMILES string of the molecule is CCn1cc(S(=O)(=O)F)c([N+](=O)[O-])n1. The summed E-state index contributed by atoms with van der Waals surface area (Å²) in [7, 11) is -5.09. The average molecular weight is 223 g/mol. The highest BCUT2D eigenvalue weighted by Crippen LogP contribution is 2.23. The molecule has 0 aliphatic heterocycles. The molecule has 0 aliphatic rings. The third-order valence-corrected chi connectivity index (χ3v) is 2.28. The van der Waals surface area contributed by atoms with Gasteiger partial charge in [-0.25, -0.2) is 0 Å². The van der Waals surface area contributed by atoms with E-state index in [1.54, 1.807) is 6.92 Å². The van der Waals surface area contributed by atoms with Gasteiger partial charge in [-0.05, 0) is 11.8 Å². The molecule has 1 aromatic rings. The summed E-state index contributed by atoms with van der Waals surface area (Å²) in [4.78, 5) is 8.24. The Morgan fingerprint density at radius 1 is 1.71 bits per heavy atom. The molecule has 0 unspecified atom stereocenters. The molecule has 78 valence electrons. The second-order valence-electron chi connectivity index (χ2n) is 2.37. The quantitative estimate of drug-likeness (QED) is 0.421. The first-order chi connectivity index (χ1) is 6.36. The highest BCUT2D eigenvalue weighted by atomic mass is 32.3. The third kappa shape index (κ3) is 1.87. The molecule has 1 aromatic heterocycles. The largest absolute Gasteiger partial charge is 0.411 e. The van der Waals surface area contributed by atoms with Crippen molar-refractivity contribution in [2.75, 3.05) is 0 Å². The summed E-state index contributed by atoms with van der Waals surface area (Å²) in [6.07, 6.45) is 0.785. The number of hydrogen-bond donors (Lipinski definition) is 0. The van der Waals surface area contributed by atoms with Crippen molar-refractivity contribution in [3.63, 3.8) is 0 Å². The lowest BCUT2D eigenvalue weighted by Gasteiger charge is -1.88. The molecule has 0 bridgehead atoms. The number of nitro groups is 1. The Balaban J connectivity index is 3.42. The number of aromatic nitrogens is 2. The normalized spacial score (nSPS) is 11.6. The van der Waals surface area contributed by atoms with Crippen molar-refractivity contribution in [3.8, 4) is 0 Å². The number of halogens is 1. The fourth-order valence-electron chi connectivity index (χ4n) is 0.853. The first-order valence-electron chi connectivity index (χ1n) is 3.52. The molecule has 0 atom stereocenters. The van der Waals surface area contributed by atoms with Gasteiger partial charge >= 0.3 is 16.0 Å². The van der Waals surface area contributed by atoms with Crippen molar-refractivity contribution < 1.29 is 17.2 Å². The van der Waals surface area contributed by atoms with Crippen LogP contribution in [0.2, 0.25) is 0 Å². The van der Waals surface area contributed by atoms with Gasteiger partial charge in [0.05, 0.1) is 17.8 Å². The summed E-state index contributed by atoms with van der Waals surface area (Å²) in [6, 6.07) is 0. The van der Waals surface area contributed by atoms with E-state index in [2.05, 4.69) is 5.10 Å². The van der Waals surface area contributed by atoms with Gasteiger partial charge in [0, 0.05) is 0 Å². The lowest BCUT2D eigenvalue weighted by atomic mass is 10.6. The minimum atomic E-state index is -5.09. The molecule has 0 saturated heterocycles. The number of rotatable bonds is 3. The van der Waals surface area contributed by atoms with Gasteiger partial charge in [-0.1, -0.05) is 3.89 Å². The molecule has 9 heteroatoms. The zero-order chi connectivity index (χ0) is 10.9. The predicted molar refractivity (Wildman–Crippen MR) is 42.8 cm³/mol. The van der Waals surface area contributed by atoms with Crippen molar-refractivity contribution in [3.05, 3.63) is 16.3 Å². The number of nitrogens with zero attached hydrogens (tertiary/aromatic N) is 3. The van der Waals surface area contributed by atoms with Crippen LogP contribution in [0, 0.1) is 10.1 Å². The molecule has 0 saturated carbocycles. The first kappa shape index (κ1) is 10.6. The molecular formula is C5H6FN3O4S. The number of hydrogen-bond acceptors (Lipinski definition) is 5. The molecule has 0 aliphatic carbocycles. The maximum atomic E-state index is 12.5. The molecule has 0 N–H and O–H groups in total. The summed E-state index contributed by atoms with van der Waals surface area (Å²) in [6.45, 7) is 1.81. The van der Waals surface area contributed by atoms with Crippen LogP contribution in [0.1, 0.15) is 6.92 Å². The van der Waals surface area contributed by atoms with E-state index >= 15 is 0 Å². The van der Waals surface area contributed by atoms with E-state index in [0.717, 1.165) is 10.9 Å². The standard InChI is InChI=1S/C5H6FN3O4S/c1-2-8-3-4(14(6,12)13)5(7-8)9(10)11/h3H,2H2,1H3. The van der Waals surface area contributed by atoms with E-state index in [0.29, 0.717) is 0 Å². The molecule has 0 aromatic carbocycles. The van der Waals surface area contributed by atoms with Crippen LogP contribution in [0.4, 0.5) is 9.70 Å². The van der Waals surface area contributed by atoms with Crippen LogP contribution in [0.15, 0.2) is 11.1 Å². The number of aryl methyl sites for hydroxylation is 1. The topological polar surface area (TPSA) is 95.1 Å². The van der Waals surface area contributed by atoms with Gasteiger partial charge in [-0.15, -0.1) is 0 Å². The highest BCUT2D eigenvalue weighted by Gasteiger charge is 2.30. The Kier molecular flexibility index (Phi) is 2.51. The van der Waals surface area contributed by atoms with Crippen molar-refractivity contribution in [1.29, 1.82) is 0 Å². The van der Waals surface area contributed by atoms with Crippen LogP contribution in [0.5, 0.6) is 0 Å². The van der Waals surface area contributed by atoms with Gasteiger partial charge in [0.25, 0.3) is 0 Å². The molecule has 7 nitrogen and oxygen atoms in total. The van der Waals surface area contributed by atoms with Crippen LogP contribution < -0.4 is 0 Å². The van der Waals surface area contributed by atoms with Crippen LogP contribution in [0.3, 0.4) is 0 Å². The van der Waals surface area contributed by atoms with Crippen molar-refractivity contribution >= 4 is 16.0 Å². The van der Waals surface area contributed by atoms with Crippen LogP contribution >= 0.6 is 0 Å². The van der Waals surface area contributed by atoms with Crippen LogP contribution in [-0.4, -0.2) is 23.1 Å². The van der Waals surface area contributed by atoms with Crippen molar-refractivity contribution in [1.82, 2.24) is 9.78 Å². The minimum absolute atomic E-state index is 0.219. The van der Waals surface area contributed by atoms with Crippen LogP contribution in [0.25, 0.3) is 0 Å². The third-order valence-electron chi connectivity index (χ3n) is 1.47. The van der Waals surface area contributed by atoms with Gasteiger partial charge in [0.15, 0.2) is 0 Å². The average Bonchev–Trinajstić information content (AvgIpc) is 2.46. The molecule has 0 radical (unpaired) electrons. The Hall–Kier alpha value is -1.51. The maximum absolute atomic E-state index is 12.5. The molecule has 14 heavy (non-hydrogen) atoms. The zero-order valence-electron chi connectivity index (χ0n) is 7.05. The lowest BCUT2D eigenvalue weighted by Crippen LogP contribution is -1.97. The van der Waals surface area contributed by atoms with E-state index < -0.39 is 25.9 Å². The molecule has 0 amide bonds. The fraction of sp³-hybridized carbons (Fsp3) is 0.400. The first-order valence-corrected chi connectivity index (χ1v) is 4.91. The van der Waals surface area contributed by atoms with Crippen LogP contribution in [-0.2, 0) is 16.8 Å². The summed E-state index contributed by atoms with van der Waals surface area (Å²) in [5, 5.41) is 13.6. The monoisotopic (exact) mass is 223 g/mol. The van der Waals surface area contributed by atoms with E-state index in [1.165, 1.54) is 0 Å². The fourth-order valence-corrected chi connectivity index (χ4v) is 1.43. The summed E-state index contributed by atoms with van der Waals surface area (Å²) in [5.74, 6) is -0.991. The Morgan fingerprint density at radius 3 is 2.57 bits per heavy atom. The second-order valence-corrected chi connectivity index (χ2v) is 3.68. The van der Waals surface area contributed by atoms with Crippen molar-refractivity contribution in [2.24, 2.45) is 0 Å². The zero-order valence-corrected chi connectivity index (χ0v) is 7.86. The minimum Gasteiger partial charge on any atom is -0.358 e. The molecule has 1 heterocycles. The predicted octanol–water partition coefficient (Wildman–Crippen LogP) is 0.469. The lowest BCUT2D eigenvalue weighted by molar-refractivity contribution is -0.392. The van der Waals surface area contributed by atoms with E-state index in [1.807, 2.05) is 0 Å². The van der Waals surface area contributed by atoms with Gasteiger partial charge in [0.2, 0.25) is 4.90 Å². The van der Waals surface area contributed by atoms with Gasteiger partial charge in [0.1, 0.15) is 0 Å². The highest BCUT2D eigenvalue weighted by molar-refractivity contribution is 7.86. The summed E-state index contributed by atoms with van der Waals surface area (Å²) < 4.78 is 34.4. The molecule has 0 fully saturated rings. The van der Waals surface area contributed by atoms with Gasteiger partial charge in [-0.3, -0.25) is 0 Å². The Labute approximate surface area is 78.5 Å². The van der Waals surface area contributed by atoms with E-state index in [9.17, 15) is 22.4 Å². The Morgan fingerprint density at radius 2 is 2.29 bits per heavy atom. The summed E-state index contributed by atoms with van der Waals surface area (Å²) in [5.41, 5.74) is 0. The Bertz CT molecular complexity index is 465. The molecule has 1 rings (SSSR count). The smallest absolute Gasteiger partial charge is 0.358 e.